The van der Waals surface area contributed by atoms with E-state index in [0.717, 1.165) is 30.9 Å². The van der Waals surface area contributed by atoms with Crippen LogP contribution in [0.5, 0.6) is 0 Å². The second-order valence-corrected chi connectivity index (χ2v) is 7.66. The number of fused-ring (bicyclic) bond motifs is 5. The fraction of sp³-hybridized carbons (Fsp3) is 0.368. The number of halogens is 1. The van der Waals surface area contributed by atoms with Gasteiger partial charge in [-0.25, -0.2) is 4.90 Å². The average Bonchev–Trinajstić information content (AvgIpc) is 3.32. The van der Waals surface area contributed by atoms with Crippen LogP contribution in [0.1, 0.15) is 13.8 Å². The number of non-ortho nitro benzene ring substituents is 1. The Balaban J connectivity index is 1.78. The molecule has 2 bridgehead atoms. The van der Waals surface area contributed by atoms with Gasteiger partial charge in [0.05, 0.1) is 33.6 Å². The van der Waals surface area contributed by atoms with Crippen molar-refractivity contribution in [2.75, 3.05) is 4.90 Å². The van der Waals surface area contributed by atoms with Crippen molar-refractivity contribution in [1.29, 1.82) is 0 Å². The van der Waals surface area contributed by atoms with Gasteiger partial charge < -0.3 is 14.2 Å². The molecule has 1 aromatic carbocycles. The Bertz CT molecular complexity index is 1050. The van der Waals surface area contributed by atoms with Crippen LogP contribution in [0.2, 0.25) is 5.02 Å². The summed E-state index contributed by atoms with van der Waals surface area (Å²) in [6, 6.07) is 3.38. The van der Waals surface area contributed by atoms with E-state index in [1.807, 2.05) is 0 Å². The first-order valence-corrected chi connectivity index (χ1v) is 9.48. The number of nitro benzene ring substituents is 1. The molecule has 12 heteroatoms. The zero-order valence-corrected chi connectivity index (χ0v) is 16.9. The standard InChI is InChI=1S/C19H15ClN2O9/c1-8(23)29-18(30-9(2)24)19-6-5-13(31-19)14-15(19)17(26)21(16(14)25)12-7-10(22(27)28)3-4-11(12)20/h3-7,13-15,18H,1-2H3/t13-,14-,15+,19+/m1/s1. The van der Waals surface area contributed by atoms with Crippen LogP contribution in [0.3, 0.4) is 0 Å². The molecule has 2 fully saturated rings. The second kappa shape index (κ2) is 7.13. The zero-order chi connectivity index (χ0) is 22.7. The number of ether oxygens (including phenoxy) is 3. The molecule has 0 N–H and O–H groups in total. The number of amides is 2. The topological polar surface area (TPSA) is 142 Å². The fourth-order valence-corrected chi connectivity index (χ4v) is 4.44. The Morgan fingerprint density at radius 2 is 1.87 bits per heavy atom. The molecular formula is C19H15ClN2O9. The maximum absolute atomic E-state index is 13.4. The van der Waals surface area contributed by atoms with E-state index in [2.05, 4.69) is 0 Å². The van der Waals surface area contributed by atoms with Crippen molar-refractivity contribution in [2.24, 2.45) is 11.8 Å². The Morgan fingerprint density at radius 3 is 2.45 bits per heavy atom. The van der Waals surface area contributed by atoms with Crippen molar-refractivity contribution in [3.63, 3.8) is 0 Å². The van der Waals surface area contributed by atoms with Crippen molar-refractivity contribution in [1.82, 2.24) is 0 Å². The summed E-state index contributed by atoms with van der Waals surface area (Å²) in [6.45, 7) is 2.18. The predicted molar refractivity (Wildman–Crippen MR) is 102 cm³/mol. The summed E-state index contributed by atoms with van der Waals surface area (Å²) in [5.74, 6) is -5.25. The Kier molecular flexibility index (Phi) is 4.82. The zero-order valence-electron chi connectivity index (χ0n) is 16.1. The van der Waals surface area contributed by atoms with Crippen molar-refractivity contribution in [3.8, 4) is 0 Å². The SMILES string of the molecule is CC(=O)OC(OC(C)=O)[C@@]12C=C[C@@H](O1)[C@H]1C(=O)N(c3cc([N+](=O)[O-])ccc3Cl)C(=O)[C@H]12. The van der Waals surface area contributed by atoms with Crippen LogP contribution in [0.15, 0.2) is 30.4 Å². The predicted octanol–water partition coefficient (Wildman–Crippen LogP) is 1.51. The Morgan fingerprint density at radius 1 is 1.23 bits per heavy atom. The highest BCUT2D eigenvalue weighted by Crippen LogP contribution is 2.55. The van der Waals surface area contributed by atoms with Crippen molar-refractivity contribution in [3.05, 3.63) is 45.5 Å². The number of carbonyl (C=O) groups is 4. The summed E-state index contributed by atoms with van der Waals surface area (Å²) in [6.07, 6.45) is 0.484. The first-order valence-electron chi connectivity index (χ1n) is 9.10. The number of nitro groups is 1. The monoisotopic (exact) mass is 450 g/mol. The van der Waals surface area contributed by atoms with Gasteiger partial charge in [0, 0.05) is 26.0 Å². The summed E-state index contributed by atoms with van der Waals surface area (Å²) in [5, 5.41) is 11.1. The van der Waals surface area contributed by atoms with E-state index >= 15 is 0 Å². The van der Waals surface area contributed by atoms with Crippen molar-refractivity contribution in [2.45, 2.75) is 31.8 Å². The lowest BCUT2D eigenvalue weighted by molar-refractivity contribution is -0.384. The van der Waals surface area contributed by atoms with Crippen LogP contribution < -0.4 is 4.90 Å². The molecule has 2 saturated heterocycles. The fourth-order valence-electron chi connectivity index (χ4n) is 4.24. The molecule has 1 aromatic rings. The highest BCUT2D eigenvalue weighted by Gasteiger charge is 2.72. The van der Waals surface area contributed by atoms with E-state index in [1.165, 1.54) is 18.2 Å². The molecule has 3 aliphatic rings. The minimum Gasteiger partial charge on any atom is -0.422 e. The van der Waals surface area contributed by atoms with E-state index in [4.69, 9.17) is 25.8 Å². The lowest BCUT2D eigenvalue weighted by Crippen LogP contribution is -2.52. The molecule has 4 atom stereocenters. The van der Waals surface area contributed by atoms with E-state index < -0.39 is 58.5 Å². The van der Waals surface area contributed by atoms with Gasteiger partial charge in [-0.1, -0.05) is 17.7 Å². The molecule has 162 valence electrons. The summed E-state index contributed by atoms with van der Waals surface area (Å²) in [5.41, 5.74) is -2.23. The number of anilines is 1. The number of rotatable bonds is 5. The van der Waals surface area contributed by atoms with E-state index in [1.54, 1.807) is 0 Å². The highest BCUT2D eigenvalue weighted by atomic mass is 35.5. The summed E-state index contributed by atoms with van der Waals surface area (Å²) in [4.78, 5) is 61.0. The minimum absolute atomic E-state index is 0.0425. The third-order valence-electron chi connectivity index (χ3n) is 5.37. The average molecular weight is 451 g/mol. The van der Waals surface area contributed by atoms with Crippen LogP contribution in [0, 0.1) is 22.0 Å². The lowest BCUT2D eigenvalue weighted by atomic mass is 9.76. The number of hydrogen-bond donors (Lipinski definition) is 0. The first-order chi connectivity index (χ1) is 14.6. The number of imide groups is 1. The van der Waals surface area contributed by atoms with Crippen LogP contribution in [0.25, 0.3) is 0 Å². The second-order valence-electron chi connectivity index (χ2n) is 7.25. The van der Waals surface area contributed by atoms with E-state index in [9.17, 15) is 29.3 Å². The summed E-state index contributed by atoms with van der Waals surface area (Å²) in [7, 11) is 0. The number of nitrogens with zero attached hydrogens (tertiary/aromatic N) is 2. The molecule has 31 heavy (non-hydrogen) atoms. The normalized spacial score (nSPS) is 28.3. The van der Waals surface area contributed by atoms with Gasteiger partial charge in [-0.15, -0.1) is 0 Å². The maximum Gasteiger partial charge on any atom is 0.305 e. The molecule has 0 radical (unpaired) electrons. The third-order valence-corrected chi connectivity index (χ3v) is 5.69. The van der Waals surface area contributed by atoms with Gasteiger partial charge in [0.15, 0.2) is 5.60 Å². The first kappa shape index (κ1) is 20.9. The van der Waals surface area contributed by atoms with Crippen LogP contribution in [-0.2, 0) is 33.4 Å². The molecule has 0 aromatic heterocycles. The third kappa shape index (κ3) is 3.08. The van der Waals surface area contributed by atoms with Gasteiger partial charge in [0.1, 0.15) is 0 Å². The van der Waals surface area contributed by atoms with Crippen molar-refractivity contribution >= 4 is 46.7 Å². The molecule has 0 unspecified atom stereocenters. The largest absolute Gasteiger partial charge is 0.422 e. The van der Waals surface area contributed by atoms with Crippen LogP contribution in [0.4, 0.5) is 11.4 Å². The molecule has 4 rings (SSSR count). The van der Waals surface area contributed by atoms with E-state index in [0.29, 0.717) is 0 Å². The highest BCUT2D eigenvalue weighted by molar-refractivity contribution is 6.36. The number of carbonyl (C=O) groups excluding carboxylic acids is 4. The number of esters is 2. The Labute approximate surface area is 179 Å². The molecular weight excluding hydrogens is 436 g/mol. The molecule has 11 nitrogen and oxygen atoms in total. The van der Waals surface area contributed by atoms with Gasteiger partial charge in [-0.3, -0.25) is 29.3 Å². The number of hydrogen-bond acceptors (Lipinski definition) is 9. The molecule has 0 aliphatic carbocycles. The number of benzene rings is 1. The summed E-state index contributed by atoms with van der Waals surface area (Å²) < 4.78 is 16.1. The summed E-state index contributed by atoms with van der Waals surface area (Å²) >= 11 is 6.14. The maximum atomic E-state index is 13.4. The molecule has 0 spiro atoms. The smallest absolute Gasteiger partial charge is 0.305 e. The molecule has 3 aliphatic heterocycles. The van der Waals surface area contributed by atoms with Gasteiger partial charge in [0.25, 0.3) is 12.0 Å². The van der Waals surface area contributed by atoms with Crippen molar-refractivity contribution < 1.29 is 38.3 Å². The van der Waals surface area contributed by atoms with E-state index in [-0.39, 0.29) is 16.4 Å². The van der Waals surface area contributed by atoms with Crippen LogP contribution >= 0.6 is 11.6 Å². The molecule has 3 heterocycles. The van der Waals surface area contributed by atoms with Gasteiger partial charge >= 0.3 is 11.9 Å². The Hall–Kier alpha value is -3.31. The van der Waals surface area contributed by atoms with Crippen LogP contribution in [-0.4, -0.2) is 46.7 Å². The van der Waals surface area contributed by atoms with Gasteiger partial charge in [-0.2, -0.15) is 0 Å². The lowest BCUT2D eigenvalue weighted by Gasteiger charge is -2.34. The minimum atomic E-state index is -1.72. The molecule has 2 amide bonds. The quantitative estimate of drug-likeness (QED) is 0.163. The molecule has 0 saturated carbocycles. The van der Waals surface area contributed by atoms with Gasteiger partial charge in [0.2, 0.25) is 11.8 Å². The van der Waals surface area contributed by atoms with Gasteiger partial charge in [-0.05, 0) is 12.1 Å².